The molecule has 0 aromatic carbocycles. The Labute approximate surface area is 111 Å². The van der Waals surface area contributed by atoms with E-state index in [1.807, 2.05) is 11.9 Å². The molecule has 0 aromatic rings. The van der Waals surface area contributed by atoms with Crippen LogP contribution in [0.15, 0.2) is 0 Å². The molecule has 2 aliphatic carbocycles. The van der Waals surface area contributed by atoms with Gasteiger partial charge in [0.1, 0.15) is 0 Å². The standard InChI is InChI=1S/C15H28N2O/c1-3-12-8-10-14(11-9-12)17(2)15(18)16-13-6-4-5-7-13/h12-14H,3-11H2,1-2H3,(H,16,18). The highest BCUT2D eigenvalue weighted by Gasteiger charge is 2.27. The fraction of sp³-hybridized carbons (Fsp3) is 0.933. The van der Waals surface area contributed by atoms with Crippen molar-refractivity contribution in [3.05, 3.63) is 0 Å². The third-order valence-corrected chi connectivity index (χ3v) is 4.94. The third kappa shape index (κ3) is 3.39. The lowest BCUT2D eigenvalue weighted by Gasteiger charge is -2.35. The maximum atomic E-state index is 12.2. The first-order valence-electron chi connectivity index (χ1n) is 7.74. The zero-order valence-corrected chi connectivity index (χ0v) is 12.0. The van der Waals surface area contributed by atoms with E-state index in [9.17, 15) is 4.79 Å². The summed E-state index contributed by atoms with van der Waals surface area (Å²) in [5.41, 5.74) is 0. The Morgan fingerprint density at radius 2 is 1.72 bits per heavy atom. The lowest BCUT2D eigenvalue weighted by molar-refractivity contribution is 0.157. The second-order valence-electron chi connectivity index (χ2n) is 6.12. The van der Waals surface area contributed by atoms with E-state index in [0.717, 1.165) is 5.92 Å². The molecule has 0 unspecified atom stereocenters. The van der Waals surface area contributed by atoms with Gasteiger partial charge in [-0.3, -0.25) is 0 Å². The number of nitrogens with one attached hydrogen (secondary N) is 1. The van der Waals surface area contributed by atoms with Crippen LogP contribution < -0.4 is 5.32 Å². The van der Waals surface area contributed by atoms with Gasteiger partial charge in [-0.05, 0) is 44.4 Å². The first-order chi connectivity index (χ1) is 8.70. The van der Waals surface area contributed by atoms with Crippen LogP contribution >= 0.6 is 0 Å². The SMILES string of the molecule is CCC1CCC(N(C)C(=O)NC2CCCC2)CC1. The molecule has 0 heterocycles. The molecular formula is C15H28N2O. The summed E-state index contributed by atoms with van der Waals surface area (Å²) in [5.74, 6) is 0.896. The zero-order valence-electron chi connectivity index (χ0n) is 12.0. The Morgan fingerprint density at radius 1 is 1.11 bits per heavy atom. The number of urea groups is 1. The summed E-state index contributed by atoms with van der Waals surface area (Å²) in [5, 5.41) is 3.19. The van der Waals surface area contributed by atoms with Crippen molar-refractivity contribution in [2.24, 2.45) is 5.92 Å². The van der Waals surface area contributed by atoms with Gasteiger partial charge in [-0.2, -0.15) is 0 Å². The third-order valence-electron chi connectivity index (χ3n) is 4.94. The molecule has 0 atom stereocenters. The predicted molar refractivity (Wildman–Crippen MR) is 74.6 cm³/mol. The van der Waals surface area contributed by atoms with Crippen LogP contribution in [0.3, 0.4) is 0 Å². The van der Waals surface area contributed by atoms with Gasteiger partial charge in [0.2, 0.25) is 0 Å². The van der Waals surface area contributed by atoms with Crippen LogP contribution in [0, 0.1) is 5.92 Å². The molecule has 3 heteroatoms. The average Bonchev–Trinajstić information content (AvgIpc) is 2.91. The molecule has 0 spiro atoms. The van der Waals surface area contributed by atoms with Crippen LogP contribution in [0.1, 0.15) is 64.7 Å². The smallest absolute Gasteiger partial charge is 0.317 e. The van der Waals surface area contributed by atoms with Crippen LogP contribution in [-0.4, -0.2) is 30.1 Å². The van der Waals surface area contributed by atoms with Gasteiger partial charge in [0.15, 0.2) is 0 Å². The van der Waals surface area contributed by atoms with Gasteiger partial charge < -0.3 is 10.2 Å². The highest BCUT2D eigenvalue weighted by atomic mass is 16.2. The van der Waals surface area contributed by atoms with Crippen LogP contribution in [-0.2, 0) is 0 Å². The highest BCUT2D eigenvalue weighted by molar-refractivity contribution is 5.74. The monoisotopic (exact) mass is 252 g/mol. The van der Waals surface area contributed by atoms with E-state index < -0.39 is 0 Å². The number of amides is 2. The first-order valence-corrected chi connectivity index (χ1v) is 7.74. The number of carbonyl (C=O) groups excluding carboxylic acids is 1. The molecule has 0 radical (unpaired) electrons. The number of hydrogen-bond acceptors (Lipinski definition) is 1. The van der Waals surface area contributed by atoms with Crippen molar-refractivity contribution in [3.63, 3.8) is 0 Å². The van der Waals surface area contributed by atoms with Gasteiger partial charge >= 0.3 is 6.03 Å². The first kappa shape index (κ1) is 13.7. The van der Waals surface area contributed by atoms with Gasteiger partial charge in [-0.25, -0.2) is 4.79 Å². The van der Waals surface area contributed by atoms with Crippen molar-refractivity contribution in [2.45, 2.75) is 76.8 Å². The van der Waals surface area contributed by atoms with Gasteiger partial charge in [-0.15, -0.1) is 0 Å². The molecule has 2 aliphatic rings. The molecule has 3 nitrogen and oxygen atoms in total. The molecule has 18 heavy (non-hydrogen) atoms. The molecule has 1 N–H and O–H groups in total. The number of hydrogen-bond donors (Lipinski definition) is 1. The summed E-state index contributed by atoms with van der Waals surface area (Å²) >= 11 is 0. The molecule has 0 aromatic heterocycles. The summed E-state index contributed by atoms with van der Waals surface area (Å²) in [6.07, 6.45) is 11.1. The summed E-state index contributed by atoms with van der Waals surface area (Å²) in [6, 6.07) is 1.06. The maximum absolute atomic E-state index is 12.2. The lowest BCUT2D eigenvalue weighted by atomic mass is 9.84. The number of rotatable bonds is 3. The molecule has 2 saturated carbocycles. The molecular weight excluding hydrogens is 224 g/mol. The van der Waals surface area contributed by atoms with Gasteiger partial charge in [0.05, 0.1) is 0 Å². The fourth-order valence-electron chi connectivity index (χ4n) is 3.45. The minimum atomic E-state index is 0.154. The quantitative estimate of drug-likeness (QED) is 0.818. The zero-order chi connectivity index (χ0) is 13.0. The van der Waals surface area contributed by atoms with Crippen LogP contribution in [0.25, 0.3) is 0 Å². The minimum absolute atomic E-state index is 0.154. The van der Waals surface area contributed by atoms with Crippen LogP contribution in [0.4, 0.5) is 4.79 Å². The van der Waals surface area contributed by atoms with E-state index in [1.54, 1.807) is 0 Å². The Bertz CT molecular complexity index is 266. The molecule has 2 amide bonds. The van der Waals surface area contributed by atoms with E-state index >= 15 is 0 Å². The lowest BCUT2D eigenvalue weighted by Crippen LogP contribution is -2.47. The van der Waals surface area contributed by atoms with E-state index in [1.165, 1.54) is 57.8 Å². The predicted octanol–water partition coefficient (Wildman–Crippen LogP) is 3.54. The summed E-state index contributed by atoms with van der Waals surface area (Å²) < 4.78 is 0. The normalized spacial score (nSPS) is 29.2. The molecule has 0 bridgehead atoms. The summed E-state index contributed by atoms with van der Waals surface area (Å²) in [4.78, 5) is 14.1. The van der Waals surface area contributed by atoms with Gasteiger partial charge in [-0.1, -0.05) is 26.2 Å². The molecule has 2 fully saturated rings. The second kappa shape index (κ2) is 6.44. The van der Waals surface area contributed by atoms with E-state index in [-0.39, 0.29) is 6.03 Å². The van der Waals surface area contributed by atoms with Crippen molar-refractivity contribution in [2.75, 3.05) is 7.05 Å². The van der Waals surface area contributed by atoms with Crippen molar-refractivity contribution in [1.82, 2.24) is 10.2 Å². The van der Waals surface area contributed by atoms with Crippen LogP contribution in [0.5, 0.6) is 0 Å². The Hall–Kier alpha value is -0.730. The van der Waals surface area contributed by atoms with E-state index in [4.69, 9.17) is 0 Å². The van der Waals surface area contributed by atoms with E-state index in [2.05, 4.69) is 12.2 Å². The van der Waals surface area contributed by atoms with Crippen molar-refractivity contribution in [3.8, 4) is 0 Å². The Balaban J connectivity index is 1.76. The molecule has 2 rings (SSSR count). The van der Waals surface area contributed by atoms with Crippen molar-refractivity contribution in [1.29, 1.82) is 0 Å². The molecule has 0 aliphatic heterocycles. The highest BCUT2D eigenvalue weighted by Crippen LogP contribution is 2.29. The minimum Gasteiger partial charge on any atom is -0.335 e. The number of nitrogens with zero attached hydrogens (tertiary/aromatic N) is 1. The summed E-state index contributed by atoms with van der Waals surface area (Å²) in [7, 11) is 1.97. The van der Waals surface area contributed by atoms with Gasteiger partial charge in [0, 0.05) is 19.1 Å². The second-order valence-corrected chi connectivity index (χ2v) is 6.12. The largest absolute Gasteiger partial charge is 0.335 e. The van der Waals surface area contributed by atoms with E-state index in [0.29, 0.717) is 12.1 Å². The van der Waals surface area contributed by atoms with Crippen molar-refractivity contribution < 1.29 is 4.79 Å². The number of carbonyl (C=O) groups is 1. The topological polar surface area (TPSA) is 32.3 Å². The van der Waals surface area contributed by atoms with Gasteiger partial charge in [0.25, 0.3) is 0 Å². The molecule has 104 valence electrons. The van der Waals surface area contributed by atoms with Crippen molar-refractivity contribution >= 4 is 6.03 Å². The van der Waals surface area contributed by atoms with Crippen LogP contribution in [0.2, 0.25) is 0 Å². The Morgan fingerprint density at radius 3 is 2.28 bits per heavy atom. The fourth-order valence-corrected chi connectivity index (χ4v) is 3.45. The summed E-state index contributed by atoms with van der Waals surface area (Å²) in [6.45, 7) is 2.28. The Kier molecular flexibility index (Phi) is 4.90. The molecule has 0 saturated heterocycles. The average molecular weight is 252 g/mol. The maximum Gasteiger partial charge on any atom is 0.317 e.